The average molecular weight is 511 g/mol. The van der Waals surface area contributed by atoms with Crippen LogP contribution < -0.4 is 5.32 Å². The topological polar surface area (TPSA) is 30.9 Å². The van der Waals surface area contributed by atoms with Crippen LogP contribution >= 0.6 is 24.0 Å². The van der Waals surface area contributed by atoms with Gasteiger partial charge in [-0.3, -0.25) is 4.99 Å². The van der Waals surface area contributed by atoms with Crippen LogP contribution in [0.3, 0.4) is 0 Å². The molecule has 1 N–H and O–H groups in total. The van der Waals surface area contributed by atoms with Gasteiger partial charge in [0.15, 0.2) is 5.96 Å². The Morgan fingerprint density at radius 1 is 1.03 bits per heavy atom. The summed E-state index contributed by atoms with van der Waals surface area (Å²) in [6.45, 7) is 11.3. The lowest BCUT2D eigenvalue weighted by Gasteiger charge is -2.40. The third kappa shape index (κ3) is 5.87. The van der Waals surface area contributed by atoms with Crippen LogP contribution in [-0.2, 0) is 0 Å². The van der Waals surface area contributed by atoms with Gasteiger partial charge < -0.3 is 15.1 Å². The zero-order chi connectivity index (χ0) is 19.3. The number of halogens is 1. The number of aliphatic imine (C=N–C) groups is 1. The maximum Gasteiger partial charge on any atom is 0.193 e. The summed E-state index contributed by atoms with van der Waals surface area (Å²) in [6.07, 6.45) is 6.63. The molecule has 0 bridgehead atoms. The molecule has 2 aliphatic heterocycles. The van der Waals surface area contributed by atoms with Crippen LogP contribution in [-0.4, -0.2) is 61.1 Å². The molecule has 3 aliphatic rings. The van der Waals surface area contributed by atoms with Crippen molar-refractivity contribution in [3.63, 3.8) is 0 Å². The Balaban J connectivity index is 0.00000240. The monoisotopic (exact) mass is 510 g/mol. The average Bonchev–Trinajstić information content (AvgIpc) is 3.49. The summed E-state index contributed by atoms with van der Waals surface area (Å²) in [4.78, 5) is 10.3. The molecule has 2 heterocycles. The van der Waals surface area contributed by atoms with E-state index in [-0.39, 0.29) is 24.0 Å². The van der Waals surface area contributed by atoms with Crippen molar-refractivity contribution < 1.29 is 0 Å². The molecule has 3 unspecified atom stereocenters. The molecule has 3 atom stereocenters. The molecule has 3 fully saturated rings. The Bertz CT molecular complexity index is 646. The number of likely N-dealkylation sites (tertiary alicyclic amines) is 2. The number of nitrogens with zero attached hydrogens (tertiary/aromatic N) is 3. The van der Waals surface area contributed by atoms with Gasteiger partial charge in [0, 0.05) is 38.8 Å². The molecule has 0 aromatic heterocycles. The molecule has 0 amide bonds. The Labute approximate surface area is 194 Å². The molecule has 2 saturated heterocycles. The van der Waals surface area contributed by atoms with E-state index in [1.165, 1.54) is 50.8 Å². The zero-order valence-corrected chi connectivity index (χ0v) is 20.6. The van der Waals surface area contributed by atoms with E-state index in [4.69, 9.17) is 4.99 Å². The molecule has 0 spiro atoms. The molecule has 1 saturated carbocycles. The molecular weight excluding hydrogens is 471 g/mol. The van der Waals surface area contributed by atoms with Crippen molar-refractivity contribution in [1.29, 1.82) is 0 Å². The van der Waals surface area contributed by atoms with Crippen molar-refractivity contribution in [2.75, 3.05) is 39.3 Å². The Hall–Kier alpha value is -0.820. The molecule has 1 aliphatic carbocycles. The van der Waals surface area contributed by atoms with Gasteiger partial charge in [0.05, 0.1) is 0 Å². The summed E-state index contributed by atoms with van der Waals surface area (Å²) in [7, 11) is 0. The first-order valence-corrected chi connectivity index (χ1v) is 11.6. The van der Waals surface area contributed by atoms with Crippen molar-refractivity contribution in [3.05, 3.63) is 35.9 Å². The molecular formula is C24H39IN4. The summed E-state index contributed by atoms with van der Waals surface area (Å²) < 4.78 is 0. The van der Waals surface area contributed by atoms with E-state index in [2.05, 4.69) is 59.3 Å². The second kappa shape index (κ2) is 11.0. The van der Waals surface area contributed by atoms with E-state index in [1.54, 1.807) is 0 Å². The van der Waals surface area contributed by atoms with E-state index >= 15 is 0 Å². The summed E-state index contributed by atoms with van der Waals surface area (Å²) in [6, 6.07) is 12.0. The van der Waals surface area contributed by atoms with Crippen LogP contribution in [0.2, 0.25) is 0 Å². The number of benzene rings is 1. The third-order valence-corrected chi connectivity index (χ3v) is 7.00. The number of rotatable bonds is 6. The standard InChI is InChI=1S/C24H38N4.HI/c1-3-20-18-28(15-13-23(20)21-8-6-5-7-9-21)24(25-4-2)26-16-19-12-14-27(17-19)22-10-11-22;/h5-9,19-20,22-23H,3-4,10-18H2,1-2H3,(H,25,26);1H. The van der Waals surface area contributed by atoms with Crippen molar-refractivity contribution in [1.82, 2.24) is 15.1 Å². The Kier molecular flexibility index (Phi) is 8.66. The SMILES string of the molecule is CCNC(=NCC1CCN(C2CC2)C1)N1CCC(c2ccccc2)C(CC)C1.I. The normalized spacial score (nSPS) is 28.3. The third-order valence-electron chi connectivity index (χ3n) is 7.00. The van der Waals surface area contributed by atoms with E-state index < -0.39 is 0 Å². The van der Waals surface area contributed by atoms with E-state index in [1.807, 2.05) is 0 Å². The van der Waals surface area contributed by atoms with Gasteiger partial charge in [0.2, 0.25) is 0 Å². The lowest BCUT2D eigenvalue weighted by atomic mass is 9.79. The van der Waals surface area contributed by atoms with Crippen molar-refractivity contribution in [3.8, 4) is 0 Å². The quantitative estimate of drug-likeness (QED) is 0.346. The molecule has 0 radical (unpaired) electrons. The lowest BCUT2D eigenvalue weighted by Crippen LogP contribution is -2.48. The van der Waals surface area contributed by atoms with Gasteiger partial charge in [-0.25, -0.2) is 0 Å². The molecule has 1 aromatic carbocycles. The second-order valence-corrected chi connectivity index (χ2v) is 9.00. The minimum atomic E-state index is 0. The highest BCUT2D eigenvalue weighted by Gasteiger charge is 2.34. The van der Waals surface area contributed by atoms with Crippen LogP contribution in [0.15, 0.2) is 35.3 Å². The zero-order valence-electron chi connectivity index (χ0n) is 18.2. The fourth-order valence-electron chi connectivity index (χ4n) is 5.20. The van der Waals surface area contributed by atoms with Crippen LogP contribution in [0.5, 0.6) is 0 Å². The summed E-state index contributed by atoms with van der Waals surface area (Å²) >= 11 is 0. The van der Waals surface area contributed by atoms with Gasteiger partial charge in [0.1, 0.15) is 0 Å². The molecule has 29 heavy (non-hydrogen) atoms. The van der Waals surface area contributed by atoms with Crippen molar-refractivity contribution >= 4 is 29.9 Å². The maximum absolute atomic E-state index is 5.10. The van der Waals surface area contributed by atoms with Gasteiger partial charge in [-0.05, 0) is 62.5 Å². The predicted octanol–water partition coefficient (Wildman–Crippen LogP) is 4.57. The largest absolute Gasteiger partial charge is 0.357 e. The van der Waals surface area contributed by atoms with Gasteiger partial charge in [-0.2, -0.15) is 0 Å². The Morgan fingerprint density at radius 3 is 2.52 bits per heavy atom. The minimum absolute atomic E-state index is 0. The van der Waals surface area contributed by atoms with E-state index in [0.717, 1.165) is 44.1 Å². The number of piperidine rings is 1. The number of guanidine groups is 1. The fourth-order valence-corrected chi connectivity index (χ4v) is 5.20. The van der Waals surface area contributed by atoms with Gasteiger partial charge >= 0.3 is 0 Å². The fraction of sp³-hybridized carbons (Fsp3) is 0.708. The maximum atomic E-state index is 5.10. The van der Waals surface area contributed by atoms with Crippen molar-refractivity contribution in [2.24, 2.45) is 16.8 Å². The summed E-state index contributed by atoms with van der Waals surface area (Å²) in [5.41, 5.74) is 1.52. The first kappa shape index (κ1) is 22.9. The van der Waals surface area contributed by atoms with Crippen molar-refractivity contribution in [2.45, 2.75) is 57.9 Å². The number of hydrogen-bond donors (Lipinski definition) is 1. The number of hydrogen-bond acceptors (Lipinski definition) is 2. The molecule has 1 aromatic rings. The van der Waals surface area contributed by atoms with Gasteiger partial charge in [-0.15, -0.1) is 24.0 Å². The van der Waals surface area contributed by atoms with Gasteiger partial charge in [-0.1, -0.05) is 43.7 Å². The summed E-state index contributed by atoms with van der Waals surface area (Å²) in [5.74, 6) is 3.29. The molecule has 162 valence electrons. The highest BCUT2D eigenvalue weighted by Crippen LogP contribution is 2.35. The van der Waals surface area contributed by atoms with Crippen LogP contribution in [0, 0.1) is 11.8 Å². The minimum Gasteiger partial charge on any atom is -0.357 e. The summed E-state index contributed by atoms with van der Waals surface area (Å²) in [5, 5.41) is 3.58. The van der Waals surface area contributed by atoms with Gasteiger partial charge in [0.25, 0.3) is 0 Å². The first-order valence-electron chi connectivity index (χ1n) is 11.6. The Morgan fingerprint density at radius 2 is 1.83 bits per heavy atom. The van der Waals surface area contributed by atoms with Crippen LogP contribution in [0.4, 0.5) is 0 Å². The lowest BCUT2D eigenvalue weighted by molar-refractivity contribution is 0.215. The highest BCUT2D eigenvalue weighted by atomic mass is 127. The smallest absolute Gasteiger partial charge is 0.193 e. The van der Waals surface area contributed by atoms with Crippen LogP contribution in [0.25, 0.3) is 0 Å². The van der Waals surface area contributed by atoms with Crippen LogP contribution in [0.1, 0.15) is 57.4 Å². The first-order chi connectivity index (χ1) is 13.8. The molecule has 4 rings (SSSR count). The van der Waals surface area contributed by atoms with E-state index in [9.17, 15) is 0 Å². The second-order valence-electron chi connectivity index (χ2n) is 9.00. The number of nitrogens with one attached hydrogen (secondary N) is 1. The molecule has 5 heteroatoms. The highest BCUT2D eigenvalue weighted by molar-refractivity contribution is 14.0. The molecule has 4 nitrogen and oxygen atoms in total. The predicted molar refractivity (Wildman–Crippen MR) is 133 cm³/mol. The van der Waals surface area contributed by atoms with E-state index in [0.29, 0.717) is 11.8 Å².